The lowest BCUT2D eigenvalue weighted by Crippen LogP contribution is -2.10. The molecule has 56 heavy (non-hydrogen) atoms. The molecule has 7 heteroatoms. The Hall–Kier alpha value is -6.99. The molecule has 1 heterocycles. The number of anilines is 3. The summed E-state index contributed by atoms with van der Waals surface area (Å²) in [5.74, 6) is -9.92. The van der Waals surface area contributed by atoms with Crippen LogP contribution in [0.3, 0.4) is 0 Å². The first-order valence-corrected chi connectivity index (χ1v) is 18.0. The molecule has 0 spiro atoms. The van der Waals surface area contributed by atoms with Gasteiger partial charge in [-0.2, -0.15) is 0 Å². The van der Waals surface area contributed by atoms with E-state index in [0.29, 0.717) is 5.69 Å². The number of rotatable bonds is 7. The van der Waals surface area contributed by atoms with E-state index < -0.39 is 34.6 Å². The smallest absolute Gasteiger partial charge is 0.200 e. The molecule has 0 saturated carbocycles. The number of benzene rings is 8. The van der Waals surface area contributed by atoms with E-state index in [1.165, 1.54) is 17.7 Å². The van der Waals surface area contributed by atoms with Gasteiger partial charge in [-0.1, -0.05) is 103 Å². The molecule has 0 N–H and O–H groups in total. The van der Waals surface area contributed by atoms with E-state index in [9.17, 15) is 22.0 Å². The zero-order valence-electron chi connectivity index (χ0n) is 30.0. The van der Waals surface area contributed by atoms with Crippen molar-refractivity contribution in [1.29, 1.82) is 0 Å². The molecule has 1 aromatic heterocycles. The van der Waals surface area contributed by atoms with Crippen molar-refractivity contribution in [2.24, 2.45) is 0 Å². The maximum atomic E-state index is 14.8. The van der Waals surface area contributed by atoms with Crippen LogP contribution in [0.2, 0.25) is 0 Å². The number of fused-ring (bicyclic) bond motifs is 3. The van der Waals surface area contributed by atoms with E-state index >= 15 is 0 Å². The molecule has 0 amide bonds. The van der Waals surface area contributed by atoms with Crippen LogP contribution in [0.4, 0.5) is 39.0 Å². The summed E-state index contributed by atoms with van der Waals surface area (Å²) in [6.07, 6.45) is 0. The number of hydrogen-bond acceptors (Lipinski definition) is 1. The van der Waals surface area contributed by atoms with E-state index in [1.807, 2.05) is 102 Å². The Labute approximate surface area is 320 Å². The highest BCUT2D eigenvalue weighted by Crippen LogP contribution is 2.40. The van der Waals surface area contributed by atoms with Crippen molar-refractivity contribution in [3.63, 3.8) is 0 Å². The average molecular weight is 743 g/mol. The third kappa shape index (κ3) is 5.98. The van der Waals surface area contributed by atoms with Gasteiger partial charge in [0, 0.05) is 33.5 Å². The monoisotopic (exact) mass is 742 g/mol. The summed E-state index contributed by atoms with van der Waals surface area (Å²) in [4.78, 5) is 1.97. The molecule has 2 nitrogen and oxygen atoms in total. The maximum absolute atomic E-state index is 14.8. The zero-order valence-corrected chi connectivity index (χ0v) is 30.0. The fraction of sp³-hybridized carbons (Fsp3) is 0.0204. The standard InChI is InChI=1S/C49H31F5N2/c1-30-12-26-40-41-29-35(19-27-42(41)56(43(40)28-30)36-10-6-3-7-11-36)33-15-22-38(23-16-33)55(37-20-13-32(14-21-37)31-8-4-2-5-9-31)39-24-17-34(18-25-39)44-45(50)47(52)49(54)48(53)46(44)51/h2-29H,1H3. The van der Waals surface area contributed by atoms with Crippen LogP contribution >= 0.6 is 0 Å². The molecule has 0 fully saturated rings. The summed E-state index contributed by atoms with van der Waals surface area (Å²) >= 11 is 0. The van der Waals surface area contributed by atoms with Gasteiger partial charge >= 0.3 is 0 Å². The lowest BCUT2D eigenvalue weighted by molar-refractivity contribution is 0.381. The van der Waals surface area contributed by atoms with Crippen molar-refractivity contribution in [1.82, 2.24) is 4.57 Å². The molecule has 9 rings (SSSR count). The summed E-state index contributed by atoms with van der Waals surface area (Å²) in [5, 5.41) is 2.30. The molecule has 0 aliphatic heterocycles. The van der Waals surface area contributed by atoms with E-state index in [2.05, 4.69) is 60.0 Å². The number of hydrogen-bond donors (Lipinski definition) is 0. The highest BCUT2D eigenvalue weighted by Gasteiger charge is 2.27. The van der Waals surface area contributed by atoms with Gasteiger partial charge in [0.15, 0.2) is 23.3 Å². The molecular formula is C49H31F5N2. The van der Waals surface area contributed by atoms with Crippen LogP contribution in [0.1, 0.15) is 5.56 Å². The number of aryl methyl sites for hydroxylation is 1. The third-order valence-electron chi connectivity index (χ3n) is 10.3. The van der Waals surface area contributed by atoms with E-state index in [0.717, 1.165) is 61.1 Å². The average Bonchev–Trinajstić information content (AvgIpc) is 3.56. The molecule has 0 aliphatic carbocycles. The van der Waals surface area contributed by atoms with Crippen LogP contribution < -0.4 is 4.90 Å². The highest BCUT2D eigenvalue weighted by atomic mass is 19.2. The van der Waals surface area contributed by atoms with Crippen LogP contribution in [-0.2, 0) is 0 Å². The predicted molar refractivity (Wildman–Crippen MR) is 216 cm³/mol. The van der Waals surface area contributed by atoms with Crippen molar-refractivity contribution < 1.29 is 22.0 Å². The van der Waals surface area contributed by atoms with Crippen LogP contribution in [0.5, 0.6) is 0 Å². The van der Waals surface area contributed by atoms with Gasteiger partial charge in [-0.25, -0.2) is 22.0 Å². The van der Waals surface area contributed by atoms with Crippen LogP contribution in [-0.4, -0.2) is 4.57 Å². The summed E-state index contributed by atoms with van der Waals surface area (Å²) in [5.41, 5.74) is 9.73. The summed E-state index contributed by atoms with van der Waals surface area (Å²) in [6.45, 7) is 2.10. The van der Waals surface area contributed by atoms with Gasteiger partial charge in [0.05, 0.1) is 16.6 Å². The highest BCUT2D eigenvalue weighted by molar-refractivity contribution is 6.10. The Morgan fingerprint density at radius 1 is 0.375 bits per heavy atom. The lowest BCUT2D eigenvalue weighted by Gasteiger charge is -2.26. The number of nitrogens with zero attached hydrogens (tertiary/aromatic N) is 2. The first-order valence-electron chi connectivity index (χ1n) is 18.0. The van der Waals surface area contributed by atoms with Crippen molar-refractivity contribution in [2.75, 3.05) is 4.90 Å². The molecule has 272 valence electrons. The molecule has 9 aromatic rings. The van der Waals surface area contributed by atoms with Gasteiger partial charge in [0.1, 0.15) is 0 Å². The molecule has 0 radical (unpaired) electrons. The molecule has 8 aromatic carbocycles. The molecule has 0 saturated heterocycles. The second-order valence-corrected chi connectivity index (χ2v) is 13.7. The second kappa shape index (κ2) is 14.0. The minimum absolute atomic E-state index is 0.143. The van der Waals surface area contributed by atoms with E-state index in [-0.39, 0.29) is 5.56 Å². The van der Waals surface area contributed by atoms with Crippen molar-refractivity contribution >= 4 is 38.9 Å². The van der Waals surface area contributed by atoms with Gasteiger partial charge in [-0.05, 0) is 107 Å². The molecule has 0 unspecified atom stereocenters. The largest absolute Gasteiger partial charge is 0.311 e. The van der Waals surface area contributed by atoms with E-state index in [1.54, 1.807) is 12.1 Å². The minimum atomic E-state index is -2.19. The molecule has 0 aliphatic rings. The van der Waals surface area contributed by atoms with Crippen LogP contribution in [0.25, 0.3) is 60.9 Å². The fourth-order valence-electron chi connectivity index (χ4n) is 7.48. The Kier molecular flexibility index (Phi) is 8.70. The number of para-hydroxylation sites is 1. The van der Waals surface area contributed by atoms with Crippen molar-refractivity contribution in [2.45, 2.75) is 6.92 Å². The Bertz CT molecular complexity index is 2860. The normalized spacial score (nSPS) is 11.4. The molecular weight excluding hydrogens is 712 g/mol. The minimum Gasteiger partial charge on any atom is -0.311 e. The Balaban J connectivity index is 1.12. The topological polar surface area (TPSA) is 8.17 Å². The quantitative estimate of drug-likeness (QED) is 0.0897. The Morgan fingerprint density at radius 3 is 1.41 bits per heavy atom. The lowest BCUT2D eigenvalue weighted by atomic mass is 10.0. The number of halogens is 5. The Morgan fingerprint density at radius 2 is 0.839 bits per heavy atom. The summed E-state index contributed by atoms with van der Waals surface area (Å²) in [7, 11) is 0. The first kappa shape index (κ1) is 34.8. The van der Waals surface area contributed by atoms with Gasteiger partial charge in [0.25, 0.3) is 0 Å². The van der Waals surface area contributed by atoms with Gasteiger partial charge in [0.2, 0.25) is 5.82 Å². The number of aromatic nitrogens is 1. The maximum Gasteiger partial charge on any atom is 0.200 e. The zero-order chi connectivity index (χ0) is 38.5. The van der Waals surface area contributed by atoms with Crippen LogP contribution in [0, 0.1) is 36.0 Å². The first-order chi connectivity index (χ1) is 27.3. The van der Waals surface area contributed by atoms with Crippen LogP contribution in [0.15, 0.2) is 170 Å². The van der Waals surface area contributed by atoms with Gasteiger partial charge in [-0.3, -0.25) is 0 Å². The van der Waals surface area contributed by atoms with Crippen molar-refractivity contribution in [3.8, 4) is 39.1 Å². The summed E-state index contributed by atoms with van der Waals surface area (Å²) in [6, 6.07) is 55.3. The molecule has 0 bridgehead atoms. The predicted octanol–water partition coefficient (Wildman–Crippen LogP) is 14.3. The van der Waals surface area contributed by atoms with Gasteiger partial charge < -0.3 is 9.47 Å². The van der Waals surface area contributed by atoms with Gasteiger partial charge in [-0.15, -0.1) is 0 Å². The summed E-state index contributed by atoms with van der Waals surface area (Å²) < 4.78 is 73.8. The fourth-order valence-corrected chi connectivity index (χ4v) is 7.48. The molecule has 0 atom stereocenters. The van der Waals surface area contributed by atoms with Crippen molar-refractivity contribution in [3.05, 3.63) is 205 Å². The third-order valence-corrected chi connectivity index (χ3v) is 10.3. The second-order valence-electron chi connectivity index (χ2n) is 13.7. The SMILES string of the molecule is Cc1ccc2c3cc(-c4ccc(N(c5ccc(-c6ccccc6)cc5)c5ccc(-c6c(F)c(F)c(F)c(F)c6F)cc5)cc4)ccc3n(-c3ccccc3)c2c1. The van der Waals surface area contributed by atoms with E-state index in [4.69, 9.17) is 0 Å².